The van der Waals surface area contributed by atoms with E-state index in [0.29, 0.717) is 29.1 Å². The van der Waals surface area contributed by atoms with E-state index in [1.807, 2.05) is 42.5 Å². The van der Waals surface area contributed by atoms with Gasteiger partial charge < -0.3 is 20.1 Å². The van der Waals surface area contributed by atoms with Crippen molar-refractivity contribution in [1.29, 1.82) is 0 Å². The summed E-state index contributed by atoms with van der Waals surface area (Å²) in [5, 5.41) is 6.15. The van der Waals surface area contributed by atoms with Crippen LogP contribution < -0.4 is 15.4 Å². The molecule has 0 heterocycles. The molecule has 0 saturated carbocycles. The van der Waals surface area contributed by atoms with Gasteiger partial charge in [0.2, 0.25) is 0 Å². The smallest absolute Gasteiger partial charge is 0.337 e. The van der Waals surface area contributed by atoms with E-state index in [1.54, 1.807) is 37.4 Å². The van der Waals surface area contributed by atoms with E-state index in [4.69, 9.17) is 9.47 Å². The topological polar surface area (TPSA) is 76.7 Å². The van der Waals surface area contributed by atoms with Gasteiger partial charge in [0, 0.05) is 17.8 Å². The molecule has 0 aromatic heterocycles. The predicted molar refractivity (Wildman–Crippen MR) is 112 cm³/mol. The Morgan fingerprint density at radius 1 is 0.862 bits per heavy atom. The predicted octanol–water partition coefficient (Wildman–Crippen LogP) is 4.35. The average Bonchev–Trinajstić information content (AvgIpc) is 2.78. The molecule has 3 aromatic rings. The van der Waals surface area contributed by atoms with Crippen LogP contribution in [0.25, 0.3) is 0 Å². The summed E-state index contributed by atoms with van der Waals surface area (Å²) in [7, 11) is 2.93. The van der Waals surface area contributed by atoms with Crippen LogP contribution in [-0.4, -0.2) is 26.1 Å². The summed E-state index contributed by atoms with van der Waals surface area (Å²) in [6, 6.07) is 21.6. The van der Waals surface area contributed by atoms with Crippen LogP contribution in [0.1, 0.15) is 26.3 Å². The van der Waals surface area contributed by atoms with Gasteiger partial charge in [-0.2, -0.15) is 0 Å². The number of benzene rings is 3. The van der Waals surface area contributed by atoms with Crippen LogP contribution in [0, 0.1) is 0 Å². The third-order valence-electron chi connectivity index (χ3n) is 4.35. The summed E-state index contributed by atoms with van der Waals surface area (Å²) in [6.45, 7) is 0.502. The molecule has 0 fully saturated rings. The molecule has 2 N–H and O–H groups in total. The molecule has 0 spiro atoms. The molecule has 0 radical (unpaired) electrons. The highest BCUT2D eigenvalue weighted by molar-refractivity contribution is 6.05. The van der Waals surface area contributed by atoms with Crippen molar-refractivity contribution in [3.63, 3.8) is 0 Å². The Bertz CT molecular complexity index is 986. The first-order valence-corrected chi connectivity index (χ1v) is 9.06. The standard InChI is InChI=1S/C23H22N2O4/c1-28-21-13-12-18(22(26)25-19-6-4-3-5-7-19)14-20(21)24-15-16-8-10-17(11-9-16)23(27)29-2/h3-14,24H,15H2,1-2H3,(H,25,26). The number of methoxy groups -OCH3 is 2. The molecule has 29 heavy (non-hydrogen) atoms. The molecule has 0 bridgehead atoms. The highest BCUT2D eigenvalue weighted by Gasteiger charge is 2.11. The first kappa shape index (κ1) is 19.9. The normalized spacial score (nSPS) is 10.1. The second kappa shape index (κ2) is 9.41. The number of carbonyl (C=O) groups is 2. The number of anilines is 2. The zero-order valence-corrected chi connectivity index (χ0v) is 16.3. The van der Waals surface area contributed by atoms with Gasteiger partial charge in [-0.15, -0.1) is 0 Å². The average molecular weight is 390 g/mol. The molecule has 6 heteroatoms. The third-order valence-corrected chi connectivity index (χ3v) is 4.35. The van der Waals surface area contributed by atoms with E-state index in [1.165, 1.54) is 7.11 Å². The molecule has 3 rings (SSSR count). The Morgan fingerprint density at radius 2 is 1.55 bits per heavy atom. The fraction of sp³-hybridized carbons (Fsp3) is 0.130. The van der Waals surface area contributed by atoms with Gasteiger partial charge >= 0.3 is 5.97 Å². The largest absolute Gasteiger partial charge is 0.495 e. The zero-order valence-electron chi connectivity index (χ0n) is 16.3. The molecule has 6 nitrogen and oxygen atoms in total. The SMILES string of the molecule is COC(=O)c1ccc(CNc2cc(C(=O)Nc3ccccc3)ccc2OC)cc1. The van der Waals surface area contributed by atoms with Crippen LogP contribution >= 0.6 is 0 Å². The number of carbonyl (C=O) groups excluding carboxylic acids is 2. The van der Waals surface area contributed by atoms with Gasteiger partial charge in [-0.25, -0.2) is 4.79 Å². The molecule has 0 saturated heterocycles. The van der Waals surface area contributed by atoms with Crippen molar-refractivity contribution in [1.82, 2.24) is 0 Å². The van der Waals surface area contributed by atoms with Crippen molar-refractivity contribution in [3.05, 3.63) is 89.5 Å². The van der Waals surface area contributed by atoms with E-state index in [-0.39, 0.29) is 11.9 Å². The molecule has 3 aromatic carbocycles. The Morgan fingerprint density at radius 3 is 2.21 bits per heavy atom. The van der Waals surface area contributed by atoms with Crippen LogP contribution in [0.5, 0.6) is 5.75 Å². The number of esters is 1. The van der Waals surface area contributed by atoms with Crippen molar-refractivity contribution in [2.75, 3.05) is 24.9 Å². The number of ether oxygens (including phenoxy) is 2. The van der Waals surface area contributed by atoms with Crippen LogP contribution in [-0.2, 0) is 11.3 Å². The summed E-state index contributed by atoms with van der Waals surface area (Å²) < 4.78 is 10.1. The minimum Gasteiger partial charge on any atom is -0.495 e. The molecule has 0 aliphatic carbocycles. The summed E-state index contributed by atoms with van der Waals surface area (Å²) in [5.74, 6) is 0.0556. The molecule has 0 atom stereocenters. The molecule has 1 amide bonds. The van der Waals surface area contributed by atoms with Crippen LogP contribution in [0.3, 0.4) is 0 Å². The minimum atomic E-state index is -0.372. The zero-order chi connectivity index (χ0) is 20.6. The maximum atomic E-state index is 12.5. The van der Waals surface area contributed by atoms with Gasteiger partial charge in [0.15, 0.2) is 0 Å². The number of hydrogen-bond acceptors (Lipinski definition) is 5. The first-order chi connectivity index (χ1) is 14.1. The summed E-state index contributed by atoms with van der Waals surface area (Å²) in [4.78, 5) is 24.1. The van der Waals surface area contributed by atoms with E-state index in [2.05, 4.69) is 10.6 Å². The molecule has 148 valence electrons. The van der Waals surface area contributed by atoms with Crippen molar-refractivity contribution in [2.24, 2.45) is 0 Å². The van der Waals surface area contributed by atoms with E-state index < -0.39 is 0 Å². The maximum absolute atomic E-state index is 12.5. The summed E-state index contributed by atoms with van der Waals surface area (Å²) in [5.41, 5.74) is 3.41. The molecular formula is C23H22N2O4. The Kier molecular flexibility index (Phi) is 6.47. The fourth-order valence-electron chi connectivity index (χ4n) is 2.79. The van der Waals surface area contributed by atoms with Crippen molar-refractivity contribution < 1.29 is 19.1 Å². The van der Waals surface area contributed by atoms with E-state index in [0.717, 1.165) is 11.3 Å². The lowest BCUT2D eigenvalue weighted by Crippen LogP contribution is -2.12. The maximum Gasteiger partial charge on any atom is 0.337 e. The van der Waals surface area contributed by atoms with Gasteiger partial charge in [-0.05, 0) is 48.0 Å². The van der Waals surface area contributed by atoms with Crippen molar-refractivity contribution in [3.8, 4) is 5.75 Å². The summed E-state index contributed by atoms with van der Waals surface area (Å²) in [6.07, 6.45) is 0. The van der Waals surface area contributed by atoms with Crippen molar-refractivity contribution >= 4 is 23.3 Å². The van der Waals surface area contributed by atoms with Crippen LogP contribution in [0.4, 0.5) is 11.4 Å². The third kappa shape index (κ3) is 5.13. The number of para-hydroxylation sites is 1. The fourth-order valence-corrected chi connectivity index (χ4v) is 2.79. The number of amides is 1. The second-order valence-electron chi connectivity index (χ2n) is 6.28. The summed E-state index contributed by atoms with van der Waals surface area (Å²) >= 11 is 0. The van der Waals surface area contributed by atoms with Gasteiger partial charge in [0.25, 0.3) is 5.91 Å². The number of nitrogens with one attached hydrogen (secondary N) is 2. The van der Waals surface area contributed by atoms with Crippen molar-refractivity contribution in [2.45, 2.75) is 6.54 Å². The molecule has 0 aliphatic heterocycles. The van der Waals surface area contributed by atoms with Gasteiger partial charge in [0.1, 0.15) is 5.75 Å². The van der Waals surface area contributed by atoms with Crippen LogP contribution in [0.2, 0.25) is 0 Å². The van der Waals surface area contributed by atoms with Gasteiger partial charge in [-0.1, -0.05) is 30.3 Å². The van der Waals surface area contributed by atoms with Gasteiger partial charge in [0.05, 0.1) is 25.5 Å². The Hall–Kier alpha value is -3.80. The van der Waals surface area contributed by atoms with E-state index in [9.17, 15) is 9.59 Å². The lowest BCUT2D eigenvalue weighted by molar-refractivity contribution is 0.0600. The number of rotatable bonds is 7. The second-order valence-corrected chi connectivity index (χ2v) is 6.28. The highest BCUT2D eigenvalue weighted by atomic mass is 16.5. The van der Waals surface area contributed by atoms with E-state index >= 15 is 0 Å². The Balaban J connectivity index is 1.72. The Labute approximate surface area is 169 Å². The monoisotopic (exact) mass is 390 g/mol. The lowest BCUT2D eigenvalue weighted by atomic mass is 10.1. The molecule has 0 aliphatic rings. The number of hydrogen-bond donors (Lipinski definition) is 2. The van der Waals surface area contributed by atoms with Crippen LogP contribution in [0.15, 0.2) is 72.8 Å². The first-order valence-electron chi connectivity index (χ1n) is 9.06. The van der Waals surface area contributed by atoms with Gasteiger partial charge in [-0.3, -0.25) is 4.79 Å². The lowest BCUT2D eigenvalue weighted by Gasteiger charge is -2.13. The molecular weight excluding hydrogens is 368 g/mol. The highest BCUT2D eigenvalue weighted by Crippen LogP contribution is 2.26. The minimum absolute atomic E-state index is 0.204. The quantitative estimate of drug-likeness (QED) is 0.587. The molecule has 0 unspecified atom stereocenters.